The van der Waals surface area contributed by atoms with Gasteiger partial charge >= 0.3 is 0 Å². The lowest BCUT2D eigenvalue weighted by molar-refractivity contribution is -0.140. The standard InChI is InChI=1S/C42H43N3O5S/c1-32-21-27-39(28-22-32)51(48,49)45(36-23-25-38(26-24-36)50-37-19-9-4-10-20-37)31-41(46)44(30-34-15-7-3-8-16-34)40(29-33-13-5-2-6-14-33)42(47)43-35-17-11-12-18-35/h2-10,13-16,19-28,35,40H,11-12,17-18,29-31H2,1H3,(H,43,47)/t40-/m1/s1. The minimum absolute atomic E-state index is 0.0412. The fraction of sp³-hybridized carbons (Fsp3) is 0.238. The number of anilines is 1. The number of rotatable bonds is 14. The van der Waals surface area contributed by atoms with E-state index in [1.165, 1.54) is 4.90 Å². The zero-order valence-electron chi connectivity index (χ0n) is 28.7. The van der Waals surface area contributed by atoms with Crippen LogP contribution in [0.15, 0.2) is 144 Å². The number of carbonyl (C=O) groups excluding carboxylic acids is 2. The molecule has 0 aliphatic heterocycles. The van der Waals surface area contributed by atoms with Gasteiger partial charge in [0.05, 0.1) is 10.6 Å². The van der Waals surface area contributed by atoms with E-state index in [-0.39, 0.29) is 29.8 Å². The van der Waals surface area contributed by atoms with Crippen molar-refractivity contribution in [2.24, 2.45) is 0 Å². The summed E-state index contributed by atoms with van der Waals surface area (Å²) in [5.74, 6) is 0.412. The number of sulfonamides is 1. The number of para-hydroxylation sites is 1. The minimum atomic E-state index is -4.22. The molecule has 0 radical (unpaired) electrons. The van der Waals surface area contributed by atoms with Gasteiger partial charge in [0.1, 0.15) is 24.1 Å². The van der Waals surface area contributed by atoms with Crippen molar-refractivity contribution in [3.05, 3.63) is 156 Å². The van der Waals surface area contributed by atoms with Crippen LogP contribution in [-0.4, -0.2) is 43.8 Å². The summed E-state index contributed by atoms with van der Waals surface area (Å²) in [5, 5.41) is 3.21. The molecule has 0 aromatic heterocycles. The van der Waals surface area contributed by atoms with Gasteiger partial charge in [0.25, 0.3) is 10.0 Å². The first-order valence-electron chi connectivity index (χ1n) is 17.4. The van der Waals surface area contributed by atoms with Crippen LogP contribution in [0.4, 0.5) is 5.69 Å². The van der Waals surface area contributed by atoms with E-state index in [1.807, 2.05) is 97.9 Å². The lowest BCUT2D eigenvalue weighted by Crippen LogP contribution is -2.54. The predicted molar refractivity (Wildman–Crippen MR) is 200 cm³/mol. The second kappa shape index (κ2) is 16.5. The maximum Gasteiger partial charge on any atom is 0.264 e. The highest BCUT2D eigenvalue weighted by atomic mass is 32.2. The lowest BCUT2D eigenvalue weighted by atomic mass is 10.0. The number of nitrogens with one attached hydrogen (secondary N) is 1. The van der Waals surface area contributed by atoms with Gasteiger partial charge in [0.15, 0.2) is 0 Å². The molecule has 1 atom stereocenters. The highest BCUT2D eigenvalue weighted by molar-refractivity contribution is 7.92. The van der Waals surface area contributed by atoms with Gasteiger partial charge in [-0.2, -0.15) is 0 Å². The first-order chi connectivity index (χ1) is 24.8. The smallest absolute Gasteiger partial charge is 0.264 e. The van der Waals surface area contributed by atoms with E-state index < -0.39 is 28.5 Å². The zero-order valence-corrected chi connectivity index (χ0v) is 29.5. The van der Waals surface area contributed by atoms with Gasteiger partial charge < -0.3 is 15.0 Å². The molecule has 51 heavy (non-hydrogen) atoms. The van der Waals surface area contributed by atoms with Crippen LogP contribution in [-0.2, 0) is 32.6 Å². The molecule has 8 nitrogen and oxygen atoms in total. The van der Waals surface area contributed by atoms with Crippen LogP contribution in [0.2, 0.25) is 0 Å². The van der Waals surface area contributed by atoms with Crippen molar-refractivity contribution in [1.29, 1.82) is 0 Å². The molecular weight excluding hydrogens is 659 g/mol. The van der Waals surface area contributed by atoms with E-state index in [0.29, 0.717) is 17.2 Å². The summed E-state index contributed by atoms with van der Waals surface area (Å²) in [6.07, 6.45) is 4.14. The summed E-state index contributed by atoms with van der Waals surface area (Å²) in [4.78, 5) is 30.5. The third-order valence-electron chi connectivity index (χ3n) is 9.16. The van der Waals surface area contributed by atoms with Crippen molar-refractivity contribution < 1.29 is 22.7 Å². The average Bonchev–Trinajstić information content (AvgIpc) is 3.67. The Morgan fingerprint density at radius 2 is 1.27 bits per heavy atom. The Bertz CT molecular complexity index is 1980. The van der Waals surface area contributed by atoms with Crippen LogP contribution >= 0.6 is 0 Å². The van der Waals surface area contributed by atoms with Crippen molar-refractivity contribution in [3.63, 3.8) is 0 Å². The molecule has 0 unspecified atom stereocenters. The maximum absolute atomic E-state index is 14.8. The molecule has 2 amide bonds. The molecule has 0 heterocycles. The Labute approximate surface area is 300 Å². The van der Waals surface area contributed by atoms with Crippen LogP contribution in [0, 0.1) is 6.92 Å². The van der Waals surface area contributed by atoms with Crippen LogP contribution in [0.3, 0.4) is 0 Å². The number of benzene rings is 5. The number of aryl methyl sites for hydroxylation is 1. The molecule has 0 saturated heterocycles. The van der Waals surface area contributed by atoms with E-state index in [4.69, 9.17) is 4.74 Å². The molecule has 1 fully saturated rings. The highest BCUT2D eigenvalue weighted by Crippen LogP contribution is 2.29. The van der Waals surface area contributed by atoms with Gasteiger partial charge in [-0.3, -0.25) is 13.9 Å². The van der Waals surface area contributed by atoms with E-state index in [9.17, 15) is 18.0 Å². The average molecular weight is 702 g/mol. The summed E-state index contributed by atoms with van der Waals surface area (Å²) in [6, 6.07) is 40.7. The number of carbonyl (C=O) groups is 2. The zero-order chi connectivity index (χ0) is 35.6. The number of hydrogen-bond acceptors (Lipinski definition) is 5. The van der Waals surface area contributed by atoms with Gasteiger partial charge in [0, 0.05) is 19.0 Å². The van der Waals surface area contributed by atoms with Crippen LogP contribution < -0.4 is 14.4 Å². The number of ether oxygens (including phenoxy) is 1. The van der Waals surface area contributed by atoms with Crippen molar-refractivity contribution in [2.75, 3.05) is 10.8 Å². The fourth-order valence-electron chi connectivity index (χ4n) is 6.37. The Balaban J connectivity index is 1.37. The molecule has 1 aliphatic rings. The molecular formula is C42H43N3O5S. The van der Waals surface area contributed by atoms with Crippen LogP contribution in [0.25, 0.3) is 0 Å². The SMILES string of the molecule is Cc1ccc(S(=O)(=O)N(CC(=O)N(Cc2ccccc2)[C@H](Cc2ccccc2)C(=O)NC2CCCC2)c2ccc(Oc3ccccc3)cc2)cc1. The first kappa shape index (κ1) is 35.4. The van der Waals surface area contributed by atoms with E-state index >= 15 is 0 Å². The van der Waals surface area contributed by atoms with Gasteiger partial charge in [-0.25, -0.2) is 8.42 Å². The fourth-order valence-corrected chi connectivity index (χ4v) is 7.79. The molecule has 5 aromatic carbocycles. The quantitative estimate of drug-likeness (QED) is 0.128. The molecule has 1 N–H and O–H groups in total. The summed E-state index contributed by atoms with van der Waals surface area (Å²) >= 11 is 0. The monoisotopic (exact) mass is 701 g/mol. The van der Waals surface area contributed by atoms with E-state index in [1.54, 1.807) is 48.5 Å². The van der Waals surface area contributed by atoms with Gasteiger partial charge in [-0.15, -0.1) is 0 Å². The maximum atomic E-state index is 14.8. The summed E-state index contributed by atoms with van der Waals surface area (Å²) in [6.45, 7) is 1.48. The van der Waals surface area contributed by atoms with Crippen molar-refractivity contribution in [2.45, 2.75) is 62.6 Å². The van der Waals surface area contributed by atoms with Crippen molar-refractivity contribution in [3.8, 4) is 11.5 Å². The molecule has 6 rings (SSSR count). The molecule has 1 aliphatic carbocycles. The topological polar surface area (TPSA) is 96.0 Å². The largest absolute Gasteiger partial charge is 0.457 e. The van der Waals surface area contributed by atoms with Crippen LogP contribution in [0.1, 0.15) is 42.4 Å². The van der Waals surface area contributed by atoms with Crippen molar-refractivity contribution >= 4 is 27.5 Å². The summed E-state index contributed by atoms with van der Waals surface area (Å²) in [7, 11) is -4.22. The first-order valence-corrected chi connectivity index (χ1v) is 18.8. The summed E-state index contributed by atoms with van der Waals surface area (Å²) in [5.41, 5.74) is 2.92. The lowest BCUT2D eigenvalue weighted by Gasteiger charge is -2.34. The number of amides is 2. The molecule has 0 bridgehead atoms. The van der Waals surface area contributed by atoms with Gasteiger partial charge in [-0.1, -0.05) is 109 Å². The second-order valence-electron chi connectivity index (χ2n) is 12.9. The molecule has 9 heteroatoms. The molecule has 262 valence electrons. The Morgan fingerprint density at radius 3 is 1.88 bits per heavy atom. The van der Waals surface area contributed by atoms with Crippen LogP contribution in [0.5, 0.6) is 11.5 Å². The number of nitrogens with zero attached hydrogens (tertiary/aromatic N) is 2. The van der Waals surface area contributed by atoms with Gasteiger partial charge in [0.2, 0.25) is 11.8 Å². The highest BCUT2D eigenvalue weighted by Gasteiger charge is 2.35. The van der Waals surface area contributed by atoms with E-state index in [0.717, 1.165) is 46.7 Å². The van der Waals surface area contributed by atoms with E-state index in [2.05, 4.69) is 5.32 Å². The summed E-state index contributed by atoms with van der Waals surface area (Å²) < 4.78 is 35.9. The predicted octanol–water partition coefficient (Wildman–Crippen LogP) is 7.68. The van der Waals surface area contributed by atoms with Crippen molar-refractivity contribution in [1.82, 2.24) is 10.2 Å². The number of hydrogen-bond donors (Lipinski definition) is 1. The second-order valence-corrected chi connectivity index (χ2v) is 14.8. The minimum Gasteiger partial charge on any atom is -0.457 e. The molecule has 0 spiro atoms. The third-order valence-corrected chi connectivity index (χ3v) is 10.9. The Hall–Kier alpha value is -5.41. The van der Waals surface area contributed by atoms with Gasteiger partial charge in [-0.05, 0) is 79.4 Å². The molecule has 5 aromatic rings. The molecule has 1 saturated carbocycles. The normalized spacial score (nSPS) is 13.7. The Morgan fingerprint density at radius 1 is 0.725 bits per heavy atom. The third kappa shape index (κ3) is 9.23. The Kier molecular flexibility index (Phi) is 11.5.